The molecule has 3 heterocycles. The molecule has 7 nitrogen and oxygen atoms in total. The third-order valence-electron chi connectivity index (χ3n) is 3.70. The number of rotatable bonds is 7. The number of aromatic nitrogens is 4. The third-order valence-corrected chi connectivity index (χ3v) is 3.70. The maximum atomic E-state index is 5.38. The minimum atomic E-state index is 0.244. The molecule has 0 fully saturated rings. The highest BCUT2D eigenvalue weighted by Gasteiger charge is 2.13. The van der Waals surface area contributed by atoms with Crippen LogP contribution in [-0.2, 0) is 24.8 Å². The second kappa shape index (κ2) is 6.78. The van der Waals surface area contributed by atoms with Crippen molar-refractivity contribution < 1.29 is 9.15 Å². The van der Waals surface area contributed by atoms with Crippen LogP contribution in [0.25, 0.3) is 11.0 Å². The summed E-state index contributed by atoms with van der Waals surface area (Å²) in [6, 6.07) is 4.15. The molecule has 0 amide bonds. The molecular formula is C16H21N5O2. The van der Waals surface area contributed by atoms with Crippen molar-refractivity contribution >= 4 is 16.9 Å². The average molecular weight is 315 g/mol. The van der Waals surface area contributed by atoms with Crippen molar-refractivity contribution in [2.45, 2.75) is 32.4 Å². The van der Waals surface area contributed by atoms with Crippen molar-refractivity contribution in [2.24, 2.45) is 7.05 Å². The topological polar surface area (TPSA) is 78.0 Å². The standard InChI is InChI=1S/C16H21N5O2/c1-11(6-7-12-5-4-8-23-12)18-15-13-9-17-21(2)16(13)20-14(19-15)10-22-3/h4-5,8-9,11H,6-7,10H2,1-3H3,(H,18,19,20). The number of fused-ring (bicyclic) bond motifs is 1. The molecule has 0 radical (unpaired) electrons. The first-order chi connectivity index (χ1) is 11.2. The lowest BCUT2D eigenvalue weighted by Crippen LogP contribution is -2.18. The summed E-state index contributed by atoms with van der Waals surface area (Å²) in [5, 5.41) is 8.64. The van der Waals surface area contributed by atoms with E-state index in [1.807, 2.05) is 19.2 Å². The quantitative estimate of drug-likeness (QED) is 0.722. The Labute approximate surface area is 134 Å². The van der Waals surface area contributed by atoms with Crippen molar-refractivity contribution in [2.75, 3.05) is 12.4 Å². The highest BCUT2D eigenvalue weighted by molar-refractivity contribution is 5.86. The average Bonchev–Trinajstić information content (AvgIpc) is 3.16. The largest absolute Gasteiger partial charge is 0.469 e. The van der Waals surface area contributed by atoms with Gasteiger partial charge in [-0.3, -0.25) is 4.68 Å². The van der Waals surface area contributed by atoms with E-state index in [0.717, 1.165) is 35.5 Å². The highest BCUT2D eigenvalue weighted by atomic mass is 16.5. The van der Waals surface area contributed by atoms with Gasteiger partial charge in [0, 0.05) is 26.6 Å². The van der Waals surface area contributed by atoms with Gasteiger partial charge in [-0.2, -0.15) is 5.10 Å². The molecule has 23 heavy (non-hydrogen) atoms. The summed E-state index contributed by atoms with van der Waals surface area (Å²) in [7, 11) is 3.51. The summed E-state index contributed by atoms with van der Waals surface area (Å²) >= 11 is 0. The molecule has 1 atom stereocenters. The summed E-state index contributed by atoms with van der Waals surface area (Å²) in [6.45, 7) is 2.50. The van der Waals surface area contributed by atoms with E-state index in [1.165, 1.54) is 0 Å². The molecule has 0 spiro atoms. The van der Waals surface area contributed by atoms with E-state index >= 15 is 0 Å². The van der Waals surface area contributed by atoms with E-state index in [2.05, 4.69) is 27.3 Å². The number of methoxy groups -OCH3 is 1. The van der Waals surface area contributed by atoms with Gasteiger partial charge in [0.2, 0.25) is 0 Å². The van der Waals surface area contributed by atoms with E-state index in [1.54, 1.807) is 24.3 Å². The smallest absolute Gasteiger partial charge is 0.163 e. The Morgan fingerprint density at radius 2 is 2.26 bits per heavy atom. The fourth-order valence-electron chi connectivity index (χ4n) is 2.49. The molecule has 3 rings (SSSR count). The molecule has 0 aliphatic rings. The molecule has 0 saturated carbocycles. The number of nitrogens with zero attached hydrogens (tertiary/aromatic N) is 4. The lowest BCUT2D eigenvalue weighted by Gasteiger charge is -2.15. The summed E-state index contributed by atoms with van der Waals surface area (Å²) in [4.78, 5) is 9.05. The lowest BCUT2D eigenvalue weighted by molar-refractivity contribution is 0.178. The van der Waals surface area contributed by atoms with Gasteiger partial charge in [-0.15, -0.1) is 0 Å². The van der Waals surface area contributed by atoms with Gasteiger partial charge < -0.3 is 14.5 Å². The SMILES string of the molecule is COCc1nc(NC(C)CCc2ccco2)c2cnn(C)c2n1. The van der Waals surface area contributed by atoms with Gasteiger partial charge in [0.1, 0.15) is 18.2 Å². The molecule has 1 N–H and O–H groups in total. The fourth-order valence-corrected chi connectivity index (χ4v) is 2.49. The Morgan fingerprint density at radius 1 is 1.39 bits per heavy atom. The Hall–Kier alpha value is -2.41. The molecule has 0 aliphatic heterocycles. The van der Waals surface area contributed by atoms with Gasteiger partial charge >= 0.3 is 0 Å². The first kappa shape index (κ1) is 15.5. The Balaban J connectivity index is 1.77. The maximum Gasteiger partial charge on any atom is 0.163 e. The zero-order chi connectivity index (χ0) is 16.2. The zero-order valence-corrected chi connectivity index (χ0v) is 13.6. The van der Waals surface area contributed by atoms with Crippen molar-refractivity contribution in [3.8, 4) is 0 Å². The second-order valence-electron chi connectivity index (χ2n) is 5.59. The molecule has 0 saturated heterocycles. The molecule has 0 aliphatic carbocycles. The number of aryl methyl sites for hydroxylation is 2. The van der Waals surface area contributed by atoms with E-state index in [9.17, 15) is 0 Å². The fraction of sp³-hybridized carbons (Fsp3) is 0.438. The van der Waals surface area contributed by atoms with Crippen LogP contribution in [0.3, 0.4) is 0 Å². The normalized spacial score (nSPS) is 12.7. The van der Waals surface area contributed by atoms with Crippen LogP contribution in [0.4, 0.5) is 5.82 Å². The highest BCUT2D eigenvalue weighted by Crippen LogP contribution is 2.21. The number of anilines is 1. The predicted molar refractivity (Wildman–Crippen MR) is 87.1 cm³/mol. The van der Waals surface area contributed by atoms with E-state index in [0.29, 0.717) is 12.4 Å². The number of hydrogen-bond donors (Lipinski definition) is 1. The van der Waals surface area contributed by atoms with Crippen molar-refractivity contribution in [1.29, 1.82) is 0 Å². The van der Waals surface area contributed by atoms with Crippen LogP contribution in [0.1, 0.15) is 24.9 Å². The van der Waals surface area contributed by atoms with Gasteiger partial charge in [-0.1, -0.05) is 0 Å². The first-order valence-corrected chi connectivity index (χ1v) is 7.64. The maximum absolute atomic E-state index is 5.38. The van der Waals surface area contributed by atoms with Crippen molar-refractivity contribution in [3.05, 3.63) is 36.2 Å². The van der Waals surface area contributed by atoms with Crippen LogP contribution >= 0.6 is 0 Å². The van der Waals surface area contributed by atoms with Gasteiger partial charge in [0.25, 0.3) is 0 Å². The van der Waals surface area contributed by atoms with Gasteiger partial charge in [0.15, 0.2) is 11.5 Å². The monoisotopic (exact) mass is 315 g/mol. The number of nitrogens with one attached hydrogen (secondary N) is 1. The van der Waals surface area contributed by atoms with Crippen LogP contribution in [-0.4, -0.2) is 32.9 Å². The van der Waals surface area contributed by atoms with Gasteiger partial charge in [-0.25, -0.2) is 9.97 Å². The van der Waals surface area contributed by atoms with E-state index in [4.69, 9.17) is 9.15 Å². The summed E-state index contributed by atoms with van der Waals surface area (Å²) in [5.74, 6) is 2.43. The Kier molecular flexibility index (Phi) is 4.57. The van der Waals surface area contributed by atoms with Crippen LogP contribution < -0.4 is 5.32 Å². The molecule has 3 aromatic heterocycles. The molecule has 1 unspecified atom stereocenters. The van der Waals surface area contributed by atoms with Gasteiger partial charge in [-0.05, 0) is 25.5 Å². The first-order valence-electron chi connectivity index (χ1n) is 7.64. The minimum Gasteiger partial charge on any atom is -0.469 e. The van der Waals surface area contributed by atoms with Crippen molar-refractivity contribution in [3.63, 3.8) is 0 Å². The number of hydrogen-bond acceptors (Lipinski definition) is 6. The van der Waals surface area contributed by atoms with Crippen LogP contribution in [0.2, 0.25) is 0 Å². The summed E-state index contributed by atoms with van der Waals surface area (Å²) in [5.41, 5.74) is 0.799. The predicted octanol–water partition coefficient (Wildman–Crippen LogP) is 2.54. The van der Waals surface area contributed by atoms with Gasteiger partial charge in [0.05, 0.1) is 17.8 Å². The van der Waals surface area contributed by atoms with E-state index < -0.39 is 0 Å². The van der Waals surface area contributed by atoms with Crippen molar-refractivity contribution in [1.82, 2.24) is 19.7 Å². The molecule has 7 heteroatoms. The molecule has 0 bridgehead atoms. The minimum absolute atomic E-state index is 0.244. The van der Waals surface area contributed by atoms with E-state index in [-0.39, 0.29) is 6.04 Å². The number of furan rings is 1. The Bertz CT molecular complexity index is 766. The lowest BCUT2D eigenvalue weighted by atomic mass is 10.1. The molecule has 122 valence electrons. The zero-order valence-electron chi connectivity index (χ0n) is 13.6. The van der Waals surface area contributed by atoms with Crippen LogP contribution in [0.15, 0.2) is 29.0 Å². The Morgan fingerprint density at radius 3 is 3.00 bits per heavy atom. The number of ether oxygens (including phenoxy) is 1. The molecule has 0 aromatic carbocycles. The van der Waals surface area contributed by atoms with Crippen LogP contribution in [0, 0.1) is 0 Å². The summed E-state index contributed by atoms with van der Waals surface area (Å²) in [6.07, 6.45) is 5.31. The second-order valence-corrected chi connectivity index (χ2v) is 5.59. The van der Waals surface area contributed by atoms with Crippen LogP contribution in [0.5, 0.6) is 0 Å². The molecular weight excluding hydrogens is 294 g/mol. The summed E-state index contributed by atoms with van der Waals surface area (Å²) < 4.78 is 12.3. The third kappa shape index (κ3) is 3.50. The molecule has 3 aromatic rings.